The van der Waals surface area contributed by atoms with E-state index in [2.05, 4.69) is 15.9 Å². The summed E-state index contributed by atoms with van der Waals surface area (Å²) < 4.78 is 20.3. The highest BCUT2D eigenvalue weighted by molar-refractivity contribution is 9.10. The zero-order valence-electron chi connectivity index (χ0n) is 11.8. The zero-order chi connectivity index (χ0) is 15.3. The minimum Gasteiger partial charge on any atom is -0.508 e. The monoisotopic (exact) mass is 342 g/mol. The molecule has 3 nitrogen and oxygen atoms in total. The third-order valence-electron chi connectivity index (χ3n) is 3.29. The second kappa shape index (κ2) is 4.67. The first-order valence-corrected chi connectivity index (χ1v) is 6.99. The molecule has 1 aliphatic rings. The molecule has 2 rings (SSSR count). The molecule has 1 aromatic carbocycles. The van der Waals surface area contributed by atoms with Gasteiger partial charge in [0, 0.05) is 10.0 Å². The van der Waals surface area contributed by atoms with Crippen LogP contribution in [0.3, 0.4) is 0 Å². The molecule has 20 heavy (non-hydrogen) atoms. The van der Waals surface area contributed by atoms with Gasteiger partial charge in [0.25, 0.3) is 0 Å². The standard InChI is InChI=1S/C15H16BrFO3/c1-14(2)12(18)11(13(19)15(3,4)20-14)9-7-8(16)5-6-10(9)17/h5-7,18H,1-4H3. The summed E-state index contributed by atoms with van der Waals surface area (Å²) in [7, 11) is 0. The fourth-order valence-corrected chi connectivity index (χ4v) is 2.74. The van der Waals surface area contributed by atoms with E-state index in [1.807, 2.05) is 0 Å². The van der Waals surface area contributed by atoms with Crippen molar-refractivity contribution in [1.29, 1.82) is 0 Å². The lowest BCUT2D eigenvalue weighted by molar-refractivity contribution is -0.158. The highest BCUT2D eigenvalue weighted by atomic mass is 79.9. The van der Waals surface area contributed by atoms with Gasteiger partial charge in [0.05, 0.1) is 5.57 Å². The van der Waals surface area contributed by atoms with Crippen LogP contribution in [0.4, 0.5) is 4.39 Å². The molecule has 0 atom stereocenters. The van der Waals surface area contributed by atoms with E-state index in [-0.39, 0.29) is 16.9 Å². The lowest BCUT2D eigenvalue weighted by Gasteiger charge is -2.40. The van der Waals surface area contributed by atoms with E-state index in [1.165, 1.54) is 18.2 Å². The number of ether oxygens (including phenoxy) is 1. The number of aliphatic hydroxyl groups excluding tert-OH is 1. The summed E-state index contributed by atoms with van der Waals surface area (Å²) >= 11 is 3.25. The summed E-state index contributed by atoms with van der Waals surface area (Å²) in [5, 5.41) is 10.3. The van der Waals surface area contributed by atoms with Crippen molar-refractivity contribution in [3.63, 3.8) is 0 Å². The third-order valence-corrected chi connectivity index (χ3v) is 3.78. The largest absolute Gasteiger partial charge is 0.508 e. The molecule has 0 aromatic heterocycles. The Hall–Kier alpha value is -1.20. The normalized spacial score (nSPS) is 21.2. The zero-order valence-corrected chi connectivity index (χ0v) is 13.3. The average molecular weight is 343 g/mol. The van der Waals surface area contributed by atoms with Crippen LogP contribution < -0.4 is 0 Å². The van der Waals surface area contributed by atoms with Crippen LogP contribution in [0, 0.1) is 5.82 Å². The molecule has 1 heterocycles. The molecular weight excluding hydrogens is 327 g/mol. The molecule has 0 fully saturated rings. The Morgan fingerprint density at radius 1 is 1.20 bits per heavy atom. The lowest BCUT2D eigenvalue weighted by Crippen LogP contribution is -2.49. The van der Waals surface area contributed by atoms with Gasteiger partial charge in [-0.25, -0.2) is 4.39 Å². The van der Waals surface area contributed by atoms with Crippen molar-refractivity contribution >= 4 is 27.3 Å². The van der Waals surface area contributed by atoms with Gasteiger partial charge in [-0.15, -0.1) is 0 Å². The summed E-state index contributed by atoms with van der Waals surface area (Å²) in [5.41, 5.74) is -2.13. The second-order valence-corrected chi connectivity index (χ2v) is 6.72. The van der Waals surface area contributed by atoms with Crippen LogP contribution in [0.2, 0.25) is 0 Å². The number of benzene rings is 1. The topological polar surface area (TPSA) is 46.5 Å². The van der Waals surface area contributed by atoms with Crippen molar-refractivity contribution in [2.24, 2.45) is 0 Å². The molecular formula is C15H16BrFO3. The molecule has 0 aliphatic carbocycles. The first kappa shape index (κ1) is 15.2. The molecule has 0 bridgehead atoms. The number of rotatable bonds is 1. The molecule has 0 spiro atoms. The Morgan fingerprint density at radius 2 is 1.80 bits per heavy atom. The highest BCUT2D eigenvalue weighted by Gasteiger charge is 2.47. The molecule has 0 saturated heterocycles. The van der Waals surface area contributed by atoms with Gasteiger partial charge in [-0.3, -0.25) is 4.79 Å². The predicted octanol–water partition coefficient (Wildman–Crippen LogP) is 4.01. The van der Waals surface area contributed by atoms with Crippen LogP contribution in [0.5, 0.6) is 0 Å². The molecule has 1 N–H and O–H groups in total. The van der Waals surface area contributed by atoms with Gasteiger partial charge < -0.3 is 9.84 Å². The van der Waals surface area contributed by atoms with E-state index in [9.17, 15) is 14.3 Å². The smallest absolute Gasteiger partial charge is 0.198 e. The van der Waals surface area contributed by atoms with Gasteiger partial charge in [0.1, 0.15) is 22.8 Å². The second-order valence-electron chi connectivity index (χ2n) is 5.80. The number of hydrogen-bond acceptors (Lipinski definition) is 3. The maximum atomic E-state index is 14.0. The Kier molecular flexibility index (Phi) is 3.55. The van der Waals surface area contributed by atoms with Crippen LogP contribution in [0.25, 0.3) is 5.57 Å². The van der Waals surface area contributed by atoms with E-state index in [0.29, 0.717) is 4.47 Å². The molecule has 5 heteroatoms. The lowest BCUT2D eigenvalue weighted by atomic mass is 9.83. The minimum absolute atomic E-state index is 0.0231. The molecule has 0 saturated carbocycles. The number of Topliss-reactive ketones (excluding diaryl/α,β-unsaturated/α-hetero) is 1. The van der Waals surface area contributed by atoms with Crippen molar-refractivity contribution in [3.05, 3.63) is 39.8 Å². The summed E-state index contributed by atoms with van der Waals surface area (Å²) in [6.45, 7) is 6.51. The third kappa shape index (κ3) is 2.40. The van der Waals surface area contributed by atoms with E-state index >= 15 is 0 Å². The van der Waals surface area contributed by atoms with Crippen LogP contribution >= 0.6 is 15.9 Å². The Labute approximate surface area is 125 Å². The quantitative estimate of drug-likeness (QED) is 0.838. The maximum Gasteiger partial charge on any atom is 0.198 e. The maximum absolute atomic E-state index is 14.0. The van der Waals surface area contributed by atoms with Gasteiger partial charge in [-0.2, -0.15) is 0 Å². The first-order chi connectivity index (χ1) is 9.06. The van der Waals surface area contributed by atoms with Crippen molar-refractivity contribution in [2.75, 3.05) is 0 Å². The molecule has 0 unspecified atom stereocenters. The number of halogens is 2. The van der Waals surface area contributed by atoms with Crippen molar-refractivity contribution in [2.45, 2.75) is 38.9 Å². The van der Waals surface area contributed by atoms with Gasteiger partial charge >= 0.3 is 0 Å². The molecule has 108 valence electrons. The Bertz CT molecular complexity index is 618. The molecule has 0 amide bonds. The number of carbonyl (C=O) groups is 1. The van der Waals surface area contributed by atoms with Crippen LogP contribution in [0.1, 0.15) is 33.3 Å². The Morgan fingerprint density at radius 3 is 2.40 bits per heavy atom. The number of ketones is 1. The van der Waals surface area contributed by atoms with Crippen molar-refractivity contribution in [1.82, 2.24) is 0 Å². The van der Waals surface area contributed by atoms with Gasteiger partial charge in [0.2, 0.25) is 0 Å². The van der Waals surface area contributed by atoms with Crippen LogP contribution in [0.15, 0.2) is 28.4 Å². The van der Waals surface area contributed by atoms with E-state index < -0.39 is 22.8 Å². The summed E-state index contributed by atoms with van der Waals surface area (Å²) in [4.78, 5) is 12.5. The summed E-state index contributed by atoms with van der Waals surface area (Å²) in [6, 6.07) is 4.27. The Balaban J connectivity index is 2.74. The van der Waals surface area contributed by atoms with E-state index in [0.717, 1.165) is 0 Å². The van der Waals surface area contributed by atoms with E-state index in [4.69, 9.17) is 4.74 Å². The van der Waals surface area contributed by atoms with Gasteiger partial charge in [-0.05, 0) is 45.9 Å². The van der Waals surface area contributed by atoms with E-state index in [1.54, 1.807) is 27.7 Å². The predicted molar refractivity (Wildman–Crippen MR) is 77.9 cm³/mol. The summed E-state index contributed by atoms with van der Waals surface area (Å²) in [5.74, 6) is -1.25. The number of hydrogen-bond donors (Lipinski definition) is 1. The fraction of sp³-hybridized carbons (Fsp3) is 0.400. The van der Waals surface area contributed by atoms with Crippen LogP contribution in [-0.2, 0) is 9.53 Å². The molecule has 1 aliphatic heterocycles. The SMILES string of the molecule is CC1(C)OC(C)(C)C(O)=C(c2cc(Br)ccc2F)C1=O. The van der Waals surface area contributed by atoms with Crippen LogP contribution in [-0.4, -0.2) is 22.1 Å². The number of aliphatic hydroxyl groups is 1. The number of carbonyl (C=O) groups excluding carboxylic acids is 1. The molecule has 0 radical (unpaired) electrons. The summed E-state index contributed by atoms with van der Waals surface area (Å²) in [6.07, 6.45) is 0. The fourth-order valence-electron chi connectivity index (χ4n) is 2.38. The molecule has 1 aromatic rings. The van der Waals surface area contributed by atoms with Crippen molar-refractivity contribution < 1.29 is 19.0 Å². The van der Waals surface area contributed by atoms with Gasteiger partial charge in [0.15, 0.2) is 5.78 Å². The average Bonchev–Trinajstić information content (AvgIpc) is 2.30. The first-order valence-electron chi connectivity index (χ1n) is 6.20. The highest BCUT2D eigenvalue weighted by Crippen LogP contribution is 2.40. The van der Waals surface area contributed by atoms with Gasteiger partial charge in [-0.1, -0.05) is 15.9 Å². The minimum atomic E-state index is -1.13. The van der Waals surface area contributed by atoms with Crippen molar-refractivity contribution in [3.8, 4) is 0 Å².